The molecule has 0 aliphatic carbocycles. The predicted molar refractivity (Wildman–Crippen MR) is 116 cm³/mol. The second kappa shape index (κ2) is 8.63. The van der Waals surface area contributed by atoms with Crippen molar-refractivity contribution in [3.8, 4) is 5.88 Å². The number of Topliss-reactive ketones (excluding diaryl/α,β-unsaturated/α-hetero) is 1. The molecule has 0 bridgehead atoms. The lowest BCUT2D eigenvalue weighted by Crippen LogP contribution is -2.22. The molecule has 3 aromatic rings. The molecule has 0 unspecified atom stereocenters. The van der Waals surface area contributed by atoms with Crippen molar-refractivity contribution in [1.29, 1.82) is 0 Å². The van der Waals surface area contributed by atoms with Gasteiger partial charge in [-0.1, -0.05) is 38.1 Å². The molecule has 0 aliphatic heterocycles. The highest BCUT2D eigenvalue weighted by molar-refractivity contribution is 6.20. The smallest absolute Gasteiger partial charge is 0.230 e. The van der Waals surface area contributed by atoms with Crippen LogP contribution in [0.15, 0.2) is 42.5 Å². The van der Waals surface area contributed by atoms with Gasteiger partial charge in [0.25, 0.3) is 0 Å². The SMILES string of the molecule is CCN(CC)Cc1ccc(C(=O)c2c(O)n(C(C)=O)c3ccc(C(C)=O)cc23)cc1. The highest BCUT2D eigenvalue weighted by Crippen LogP contribution is 2.34. The summed E-state index contributed by atoms with van der Waals surface area (Å²) in [6.45, 7) is 9.61. The number of ketones is 2. The van der Waals surface area contributed by atoms with Gasteiger partial charge in [0, 0.05) is 30.0 Å². The molecule has 1 aromatic heterocycles. The van der Waals surface area contributed by atoms with Crippen molar-refractivity contribution in [2.24, 2.45) is 0 Å². The molecular formula is C24H26N2O4. The zero-order valence-corrected chi connectivity index (χ0v) is 17.7. The van der Waals surface area contributed by atoms with E-state index in [1.165, 1.54) is 13.8 Å². The maximum Gasteiger partial charge on any atom is 0.230 e. The van der Waals surface area contributed by atoms with Crippen molar-refractivity contribution >= 4 is 28.4 Å². The first-order valence-corrected chi connectivity index (χ1v) is 10.0. The van der Waals surface area contributed by atoms with Crippen molar-refractivity contribution in [3.05, 3.63) is 64.7 Å². The molecule has 1 heterocycles. The molecule has 0 spiro atoms. The van der Waals surface area contributed by atoms with Crippen molar-refractivity contribution in [1.82, 2.24) is 9.47 Å². The van der Waals surface area contributed by atoms with Gasteiger partial charge >= 0.3 is 0 Å². The molecule has 0 amide bonds. The zero-order valence-electron chi connectivity index (χ0n) is 17.7. The quantitative estimate of drug-likeness (QED) is 0.593. The maximum absolute atomic E-state index is 13.3. The normalized spacial score (nSPS) is 11.2. The Morgan fingerprint density at radius 2 is 1.53 bits per heavy atom. The fraction of sp³-hybridized carbons (Fsp3) is 0.292. The largest absolute Gasteiger partial charge is 0.494 e. The van der Waals surface area contributed by atoms with Crippen LogP contribution in [0.5, 0.6) is 5.88 Å². The lowest BCUT2D eigenvalue weighted by molar-refractivity contribution is 0.0932. The first kappa shape index (κ1) is 21.5. The number of carbonyl (C=O) groups is 3. The number of nitrogens with zero attached hydrogens (tertiary/aromatic N) is 2. The molecular weight excluding hydrogens is 380 g/mol. The van der Waals surface area contributed by atoms with Gasteiger partial charge in [0.15, 0.2) is 11.6 Å². The first-order valence-electron chi connectivity index (χ1n) is 10.0. The highest BCUT2D eigenvalue weighted by atomic mass is 16.3. The number of hydrogen-bond acceptors (Lipinski definition) is 5. The molecule has 0 saturated carbocycles. The van der Waals surface area contributed by atoms with Gasteiger partial charge in [0.1, 0.15) is 0 Å². The molecule has 0 fully saturated rings. The van der Waals surface area contributed by atoms with Gasteiger partial charge in [-0.2, -0.15) is 0 Å². The van der Waals surface area contributed by atoms with E-state index in [-0.39, 0.29) is 11.3 Å². The van der Waals surface area contributed by atoms with Gasteiger partial charge in [0.05, 0.1) is 11.1 Å². The molecule has 30 heavy (non-hydrogen) atoms. The first-order chi connectivity index (χ1) is 14.3. The van der Waals surface area contributed by atoms with Crippen LogP contribution in [0.3, 0.4) is 0 Å². The van der Waals surface area contributed by atoms with E-state index in [1.807, 2.05) is 12.1 Å². The van der Waals surface area contributed by atoms with Crippen molar-refractivity contribution in [3.63, 3.8) is 0 Å². The second-order valence-corrected chi connectivity index (χ2v) is 7.33. The molecule has 0 radical (unpaired) electrons. The minimum Gasteiger partial charge on any atom is -0.494 e. The van der Waals surface area contributed by atoms with Gasteiger partial charge < -0.3 is 5.11 Å². The summed E-state index contributed by atoms with van der Waals surface area (Å²) in [5.74, 6) is -1.38. The number of aromatic hydroxyl groups is 1. The van der Waals surface area contributed by atoms with Crippen LogP contribution in [0.4, 0.5) is 0 Å². The average molecular weight is 406 g/mol. The summed E-state index contributed by atoms with van der Waals surface area (Å²) in [5, 5.41) is 11.1. The highest BCUT2D eigenvalue weighted by Gasteiger charge is 2.25. The Kier molecular flexibility index (Phi) is 6.17. The van der Waals surface area contributed by atoms with E-state index in [9.17, 15) is 19.5 Å². The average Bonchev–Trinajstić information content (AvgIpc) is 3.02. The summed E-state index contributed by atoms with van der Waals surface area (Å²) in [6.07, 6.45) is 0. The van der Waals surface area contributed by atoms with Crippen molar-refractivity contribution in [2.75, 3.05) is 13.1 Å². The van der Waals surface area contributed by atoms with E-state index in [0.717, 1.165) is 29.8 Å². The number of rotatable bonds is 7. The van der Waals surface area contributed by atoms with Crippen LogP contribution in [-0.2, 0) is 6.54 Å². The standard InChI is InChI=1S/C24H26N2O4/c1-5-25(6-2)14-17-7-9-18(10-8-17)23(29)22-20-13-19(15(3)27)11-12-21(20)26(16(4)28)24(22)30/h7-13,30H,5-6,14H2,1-4H3. The van der Waals surface area contributed by atoms with Crippen LogP contribution < -0.4 is 0 Å². The summed E-state index contributed by atoms with van der Waals surface area (Å²) >= 11 is 0. The van der Waals surface area contributed by atoms with Crippen LogP contribution >= 0.6 is 0 Å². The topological polar surface area (TPSA) is 79.6 Å². The lowest BCUT2D eigenvalue weighted by Gasteiger charge is -2.18. The third-order valence-electron chi connectivity index (χ3n) is 5.41. The van der Waals surface area contributed by atoms with Gasteiger partial charge in [-0.25, -0.2) is 0 Å². The summed E-state index contributed by atoms with van der Waals surface area (Å²) in [5.41, 5.74) is 2.33. The molecule has 6 heteroatoms. The number of benzene rings is 2. The molecule has 3 rings (SSSR count). The summed E-state index contributed by atoms with van der Waals surface area (Å²) < 4.78 is 1.10. The fourth-order valence-electron chi connectivity index (χ4n) is 3.65. The van der Waals surface area contributed by atoms with E-state index < -0.39 is 17.6 Å². The van der Waals surface area contributed by atoms with Crippen LogP contribution in [0.25, 0.3) is 10.9 Å². The number of carbonyl (C=O) groups excluding carboxylic acids is 3. The molecule has 1 N–H and O–H groups in total. The minimum absolute atomic E-state index is 0.0276. The van der Waals surface area contributed by atoms with Gasteiger partial charge in [0.2, 0.25) is 11.8 Å². The Bertz CT molecular complexity index is 1120. The van der Waals surface area contributed by atoms with E-state index >= 15 is 0 Å². The van der Waals surface area contributed by atoms with Gasteiger partial charge in [-0.15, -0.1) is 0 Å². The van der Waals surface area contributed by atoms with Crippen LogP contribution in [0.2, 0.25) is 0 Å². The lowest BCUT2D eigenvalue weighted by atomic mass is 9.99. The maximum atomic E-state index is 13.3. The van der Waals surface area contributed by atoms with Gasteiger partial charge in [-0.3, -0.25) is 23.9 Å². The van der Waals surface area contributed by atoms with Crippen molar-refractivity contribution in [2.45, 2.75) is 34.2 Å². The monoisotopic (exact) mass is 406 g/mol. The van der Waals surface area contributed by atoms with Crippen LogP contribution in [-0.4, -0.2) is 45.1 Å². The van der Waals surface area contributed by atoms with Crippen LogP contribution in [0.1, 0.15) is 64.3 Å². The molecule has 0 saturated heterocycles. The molecule has 0 atom stereocenters. The Hall–Kier alpha value is -3.25. The van der Waals surface area contributed by atoms with Crippen LogP contribution in [0, 0.1) is 0 Å². The Morgan fingerprint density at radius 1 is 0.933 bits per heavy atom. The third kappa shape index (κ3) is 3.91. The Balaban J connectivity index is 2.08. The molecule has 156 valence electrons. The number of aromatic nitrogens is 1. The zero-order chi connectivity index (χ0) is 22.0. The van der Waals surface area contributed by atoms with E-state index in [4.69, 9.17) is 0 Å². The van der Waals surface area contributed by atoms with Crippen molar-refractivity contribution < 1.29 is 19.5 Å². The predicted octanol–water partition coefficient (Wildman–Crippen LogP) is 4.28. The molecule has 2 aromatic carbocycles. The Labute approximate surface area is 175 Å². The molecule has 0 aliphatic rings. The summed E-state index contributed by atoms with van der Waals surface area (Å²) in [4.78, 5) is 39.4. The Morgan fingerprint density at radius 3 is 2.07 bits per heavy atom. The second-order valence-electron chi connectivity index (χ2n) is 7.33. The van der Waals surface area contributed by atoms with E-state index in [2.05, 4.69) is 18.7 Å². The number of hydrogen-bond donors (Lipinski definition) is 1. The van der Waals surface area contributed by atoms with E-state index in [1.54, 1.807) is 30.3 Å². The van der Waals surface area contributed by atoms with Gasteiger partial charge in [-0.05, 0) is 43.8 Å². The minimum atomic E-state index is -0.415. The summed E-state index contributed by atoms with van der Waals surface area (Å²) in [6, 6.07) is 12.0. The third-order valence-corrected chi connectivity index (χ3v) is 5.41. The van der Waals surface area contributed by atoms with E-state index in [0.29, 0.717) is 22.0 Å². The fourth-order valence-corrected chi connectivity index (χ4v) is 3.65. The summed E-state index contributed by atoms with van der Waals surface area (Å²) in [7, 11) is 0. The molecule has 6 nitrogen and oxygen atoms in total. The number of fused-ring (bicyclic) bond motifs is 1.